The maximum atomic E-state index is 13.6. The van der Waals surface area contributed by atoms with Crippen molar-refractivity contribution in [2.24, 2.45) is 5.92 Å². The average molecular weight is 288 g/mol. The lowest BCUT2D eigenvalue weighted by Gasteiger charge is -2.11. The number of nitro groups is 1. The van der Waals surface area contributed by atoms with Crippen LogP contribution in [0.25, 0.3) is 0 Å². The number of anilines is 1. The smallest absolute Gasteiger partial charge is 0.272 e. The molecule has 104 valence electrons. The third-order valence-electron chi connectivity index (χ3n) is 3.07. The van der Waals surface area contributed by atoms with Crippen molar-refractivity contribution in [2.75, 3.05) is 23.4 Å². The normalized spacial score (nSPS) is 21.2. The van der Waals surface area contributed by atoms with Gasteiger partial charge in [-0.25, -0.2) is 12.8 Å². The van der Waals surface area contributed by atoms with Gasteiger partial charge in [0.1, 0.15) is 0 Å². The molecule has 1 fully saturated rings. The number of nitro benzene ring substituents is 1. The Morgan fingerprint density at radius 2 is 2.21 bits per heavy atom. The van der Waals surface area contributed by atoms with Crippen LogP contribution in [0, 0.1) is 21.8 Å². The molecule has 0 saturated carbocycles. The fraction of sp³-hybridized carbons (Fsp3) is 0.455. The van der Waals surface area contributed by atoms with Gasteiger partial charge in [0.15, 0.2) is 15.7 Å². The second-order valence-corrected chi connectivity index (χ2v) is 6.80. The van der Waals surface area contributed by atoms with Crippen LogP contribution < -0.4 is 5.32 Å². The molecule has 1 aliphatic rings. The Bertz CT molecular complexity index is 603. The minimum Gasteiger partial charge on any atom is -0.382 e. The van der Waals surface area contributed by atoms with Crippen LogP contribution in [-0.2, 0) is 9.84 Å². The Morgan fingerprint density at radius 1 is 1.47 bits per heavy atom. The summed E-state index contributed by atoms with van der Waals surface area (Å²) in [4.78, 5) is 9.78. The summed E-state index contributed by atoms with van der Waals surface area (Å²) in [7, 11) is -2.95. The number of sulfone groups is 1. The highest BCUT2D eigenvalue weighted by atomic mass is 32.2. The first-order chi connectivity index (χ1) is 8.87. The zero-order chi connectivity index (χ0) is 14.0. The van der Waals surface area contributed by atoms with Crippen molar-refractivity contribution in [3.05, 3.63) is 34.1 Å². The highest BCUT2D eigenvalue weighted by molar-refractivity contribution is 7.91. The Hall–Kier alpha value is -1.70. The lowest BCUT2D eigenvalue weighted by Crippen LogP contribution is -2.16. The topological polar surface area (TPSA) is 89.3 Å². The van der Waals surface area contributed by atoms with Crippen molar-refractivity contribution in [1.29, 1.82) is 0 Å². The van der Waals surface area contributed by atoms with Gasteiger partial charge in [-0.05, 0) is 18.4 Å². The first kappa shape index (κ1) is 13.7. The molecular weight excluding hydrogens is 275 g/mol. The predicted octanol–water partition coefficient (Wildman–Crippen LogP) is 1.58. The number of benzene rings is 1. The van der Waals surface area contributed by atoms with E-state index in [1.165, 1.54) is 12.1 Å². The van der Waals surface area contributed by atoms with Crippen molar-refractivity contribution >= 4 is 21.2 Å². The van der Waals surface area contributed by atoms with Gasteiger partial charge in [-0.1, -0.05) is 0 Å². The average Bonchev–Trinajstić information content (AvgIpc) is 2.67. The predicted molar refractivity (Wildman–Crippen MR) is 68.3 cm³/mol. The summed E-state index contributed by atoms with van der Waals surface area (Å²) in [5.74, 6) is -0.480. The van der Waals surface area contributed by atoms with Gasteiger partial charge in [0, 0.05) is 12.6 Å². The monoisotopic (exact) mass is 288 g/mol. The molecular formula is C11H13FN2O4S. The third kappa shape index (κ3) is 3.40. The van der Waals surface area contributed by atoms with Gasteiger partial charge in [0.25, 0.3) is 5.69 Å². The van der Waals surface area contributed by atoms with E-state index < -0.39 is 20.6 Å². The van der Waals surface area contributed by atoms with Gasteiger partial charge in [-0.3, -0.25) is 10.1 Å². The minimum absolute atomic E-state index is 0.0420. The van der Waals surface area contributed by atoms with E-state index in [9.17, 15) is 22.9 Å². The summed E-state index contributed by atoms with van der Waals surface area (Å²) in [5, 5.41) is 13.3. The number of hydrogen-bond acceptors (Lipinski definition) is 5. The summed E-state index contributed by atoms with van der Waals surface area (Å²) in [6.45, 7) is 0.341. The summed E-state index contributed by atoms with van der Waals surface area (Å²) >= 11 is 0. The van der Waals surface area contributed by atoms with E-state index in [0.717, 1.165) is 6.07 Å². The van der Waals surface area contributed by atoms with Gasteiger partial charge in [-0.15, -0.1) is 0 Å². The molecule has 0 aliphatic carbocycles. The van der Waals surface area contributed by atoms with E-state index in [-0.39, 0.29) is 28.8 Å². The summed E-state index contributed by atoms with van der Waals surface area (Å²) < 4.78 is 36.1. The van der Waals surface area contributed by atoms with E-state index in [2.05, 4.69) is 5.32 Å². The maximum Gasteiger partial charge on any atom is 0.272 e. The molecule has 0 amide bonds. The van der Waals surface area contributed by atoms with E-state index in [4.69, 9.17) is 0 Å². The molecule has 8 heteroatoms. The molecule has 1 atom stereocenters. The number of nitrogens with zero attached hydrogens (tertiary/aromatic N) is 1. The number of nitrogens with one attached hydrogen (secondary N) is 1. The second-order valence-electron chi connectivity index (χ2n) is 4.57. The van der Waals surface area contributed by atoms with Crippen LogP contribution in [0.2, 0.25) is 0 Å². The van der Waals surface area contributed by atoms with Crippen molar-refractivity contribution < 1.29 is 17.7 Å². The van der Waals surface area contributed by atoms with E-state index in [1.807, 2.05) is 0 Å². The Balaban J connectivity index is 1.99. The van der Waals surface area contributed by atoms with Crippen LogP contribution >= 0.6 is 0 Å². The molecule has 0 bridgehead atoms. The van der Waals surface area contributed by atoms with E-state index in [0.29, 0.717) is 13.0 Å². The first-order valence-corrected chi connectivity index (χ1v) is 7.58. The Morgan fingerprint density at radius 3 is 2.74 bits per heavy atom. The van der Waals surface area contributed by atoms with Gasteiger partial charge < -0.3 is 5.32 Å². The van der Waals surface area contributed by atoms with E-state index >= 15 is 0 Å². The van der Waals surface area contributed by atoms with E-state index in [1.54, 1.807) is 0 Å². The van der Waals surface area contributed by atoms with Crippen molar-refractivity contribution in [3.63, 3.8) is 0 Å². The van der Waals surface area contributed by atoms with Gasteiger partial charge in [-0.2, -0.15) is 0 Å². The second kappa shape index (κ2) is 5.12. The van der Waals surface area contributed by atoms with Crippen molar-refractivity contribution in [2.45, 2.75) is 6.42 Å². The lowest BCUT2D eigenvalue weighted by atomic mass is 10.1. The van der Waals surface area contributed by atoms with Crippen LogP contribution in [0.4, 0.5) is 15.8 Å². The molecule has 6 nitrogen and oxygen atoms in total. The largest absolute Gasteiger partial charge is 0.382 e. The summed E-state index contributed by atoms with van der Waals surface area (Å²) in [5.41, 5.74) is -0.165. The molecule has 1 aliphatic heterocycles. The summed E-state index contributed by atoms with van der Waals surface area (Å²) in [6, 6.07) is 3.33. The zero-order valence-corrected chi connectivity index (χ0v) is 10.8. The fourth-order valence-electron chi connectivity index (χ4n) is 2.05. The quantitative estimate of drug-likeness (QED) is 0.671. The molecule has 0 aromatic heterocycles. The first-order valence-electron chi connectivity index (χ1n) is 5.75. The molecule has 0 spiro atoms. The maximum absolute atomic E-state index is 13.6. The number of non-ortho nitro benzene ring substituents is 1. The van der Waals surface area contributed by atoms with Crippen molar-refractivity contribution in [1.82, 2.24) is 0 Å². The lowest BCUT2D eigenvalue weighted by molar-refractivity contribution is -0.385. The highest BCUT2D eigenvalue weighted by Gasteiger charge is 2.27. The molecule has 0 radical (unpaired) electrons. The molecule has 1 unspecified atom stereocenters. The zero-order valence-electron chi connectivity index (χ0n) is 10.0. The van der Waals surface area contributed by atoms with Crippen molar-refractivity contribution in [3.8, 4) is 0 Å². The standard InChI is InChI=1S/C11H13FN2O4S/c12-10-5-9(14(15)16)1-2-11(10)13-6-8-3-4-19(17,18)7-8/h1-2,5,8,13H,3-4,6-7H2. The SMILES string of the molecule is O=[N+]([O-])c1ccc(NCC2CCS(=O)(=O)C2)c(F)c1. The molecule has 1 aromatic carbocycles. The highest BCUT2D eigenvalue weighted by Crippen LogP contribution is 2.23. The van der Waals surface area contributed by atoms with Crippen LogP contribution in [0.3, 0.4) is 0 Å². The molecule has 1 heterocycles. The molecule has 1 aromatic rings. The number of halogens is 1. The van der Waals surface area contributed by atoms with Crippen LogP contribution in [-0.4, -0.2) is 31.4 Å². The van der Waals surface area contributed by atoms with Gasteiger partial charge in [0.05, 0.1) is 28.2 Å². The Labute approximate surface area is 109 Å². The number of rotatable bonds is 4. The number of hydrogen-bond donors (Lipinski definition) is 1. The third-order valence-corrected chi connectivity index (χ3v) is 4.91. The van der Waals surface area contributed by atoms with Gasteiger partial charge >= 0.3 is 0 Å². The minimum atomic E-state index is -2.95. The fourth-order valence-corrected chi connectivity index (χ4v) is 3.91. The molecule has 2 rings (SSSR count). The van der Waals surface area contributed by atoms with Crippen LogP contribution in [0.1, 0.15) is 6.42 Å². The van der Waals surface area contributed by atoms with Crippen LogP contribution in [0.5, 0.6) is 0 Å². The molecule has 1 N–H and O–H groups in total. The Kier molecular flexibility index (Phi) is 3.70. The van der Waals surface area contributed by atoms with Crippen LogP contribution in [0.15, 0.2) is 18.2 Å². The molecule has 1 saturated heterocycles. The molecule has 19 heavy (non-hydrogen) atoms. The summed E-state index contributed by atoms with van der Waals surface area (Å²) in [6.07, 6.45) is 0.559. The van der Waals surface area contributed by atoms with Gasteiger partial charge in [0.2, 0.25) is 0 Å².